The van der Waals surface area contributed by atoms with Gasteiger partial charge in [-0.2, -0.15) is 8.78 Å². The molecule has 0 fully saturated rings. The van der Waals surface area contributed by atoms with Gasteiger partial charge < -0.3 is 4.74 Å². The molecule has 0 unspecified atom stereocenters. The van der Waals surface area contributed by atoms with Crippen molar-refractivity contribution in [3.05, 3.63) is 0 Å². The number of methoxy groups -OCH3 is 1. The number of alkyl halides is 2. The lowest BCUT2D eigenvalue weighted by Gasteiger charge is -2.00. The lowest BCUT2D eigenvalue weighted by molar-refractivity contribution is -0.138. The second-order valence-electron chi connectivity index (χ2n) is 0.667. The fourth-order valence-corrected chi connectivity index (χ4v) is 0. The normalized spacial score (nSPS) is 12.0. The zero-order valence-corrected chi connectivity index (χ0v) is 3.89. The molecule has 4 heteroatoms. The first-order valence-electron chi connectivity index (χ1n) is 1.19. The van der Waals surface area contributed by atoms with Crippen LogP contribution in [0.3, 0.4) is 0 Å². The Morgan fingerprint density at radius 2 is 1.83 bits per heavy atom. The summed E-state index contributed by atoms with van der Waals surface area (Å²) in [6.07, 6.45) is 0. The molecule has 0 rings (SSSR count). The molecule has 0 aliphatic carbocycles. The fourth-order valence-electron chi connectivity index (χ4n) is 0. The van der Waals surface area contributed by atoms with E-state index in [1.165, 1.54) is 0 Å². The van der Waals surface area contributed by atoms with Crippen molar-refractivity contribution in [2.45, 2.75) is 5.44 Å². The lowest BCUT2D eigenvalue weighted by atomic mass is 11.4. The fraction of sp³-hybridized carbons (Fsp3) is 1.00. The highest BCUT2D eigenvalue weighted by atomic mass is 32.1. The molecule has 0 heterocycles. The van der Waals surface area contributed by atoms with Crippen LogP contribution in [0, 0.1) is 0 Å². The zero-order valence-electron chi connectivity index (χ0n) is 3.07. The van der Waals surface area contributed by atoms with Crippen molar-refractivity contribution in [1.29, 1.82) is 0 Å². The molecule has 37 valence electrons. The van der Waals surface area contributed by atoms with E-state index in [1.54, 1.807) is 0 Å². The van der Waals surface area contributed by atoms with Gasteiger partial charge in [-0.3, -0.25) is 0 Å². The van der Waals surface area contributed by atoms with Crippen molar-refractivity contribution in [2.24, 2.45) is 0 Å². The lowest BCUT2D eigenvalue weighted by Crippen LogP contribution is -2.06. The van der Waals surface area contributed by atoms with E-state index in [9.17, 15) is 8.78 Å². The molecule has 6 heavy (non-hydrogen) atoms. The van der Waals surface area contributed by atoms with Crippen LogP contribution in [0.2, 0.25) is 0 Å². The first-order valence-corrected chi connectivity index (χ1v) is 1.60. The van der Waals surface area contributed by atoms with Gasteiger partial charge in [0.15, 0.2) is 0 Å². The molecular weight excluding hydrogens is 110 g/mol. The molecule has 0 aromatic carbocycles. The maximum Gasteiger partial charge on any atom is 0.417 e. The third-order valence-corrected chi connectivity index (χ3v) is 0.404. The Balaban J connectivity index is 3.17. The third-order valence-electron chi connectivity index (χ3n) is 0.238. The number of hydrogen-bond donors (Lipinski definition) is 0. The summed E-state index contributed by atoms with van der Waals surface area (Å²) in [5.41, 5.74) is -3.38. The minimum Gasteiger partial charge on any atom is -0.314 e. The molecule has 0 spiro atoms. The van der Waals surface area contributed by atoms with Gasteiger partial charge in [0.25, 0.3) is 0 Å². The molecule has 0 aromatic rings. The first kappa shape index (κ1) is 6.17. The van der Waals surface area contributed by atoms with Crippen LogP contribution in [0.15, 0.2) is 0 Å². The van der Waals surface area contributed by atoms with E-state index in [0.29, 0.717) is 0 Å². The highest BCUT2D eigenvalue weighted by Gasteiger charge is 2.21. The van der Waals surface area contributed by atoms with Crippen LogP contribution in [0.4, 0.5) is 8.78 Å². The van der Waals surface area contributed by atoms with Crippen molar-refractivity contribution >= 4 is 12.6 Å². The van der Waals surface area contributed by atoms with E-state index in [0.717, 1.165) is 7.11 Å². The Morgan fingerprint density at radius 1 is 1.67 bits per heavy atom. The van der Waals surface area contributed by atoms with E-state index in [2.05, 4.69) is 17.4 Å². The van der Waals surface area contributed by atoms with Crippen molar-refractivity contribution in [3.8, 4) is 0 Å². The highest BCUT2D eigenvalue weighted by Crippen LogP contribution is 2.16. The number of ether oxygens (including phenoxy) is 1. The summed E-state index contributed by atoms with van der Waals surface area (Å²) in [4.78, 5) is 0. The van der Waals surface area contributed by atoms with Gasteiger partial charge in [-0.1, -0.05) is 0 Å². The molecule has 0 bridgehead atoms. The molecule has 0 amide bonds. The Kier molecular flexibility index (Phi) is 1.80. The topological polar surface area (TPSA) is 9.23 Å². The van der Waals surface area contributed by atoms with Crippen molar-refractivity contribution < 1.29 is 13.5 Å². The van der Waals surface area contributed by atoms with E-state index in [1.807, 2.05) is 0 Å². The Hall–Kier alpha value is 0.170. The summed E-state index contributed by atoms with van der Waals surface area (Å²) >= 11 is 3.43. The Morgan fingerprint density at radius 3 is 1.83 bits per heavy atom. The molecule has 1 nitrogen and oxygen atoms in total. The molecule has 0 aliphatic heterocycles. The van der Waals surface area contributed by atoms with Gasteiger partial charge in [-0.05, 0) is 0 Å². The summed E-state index contributed by atoms with van der Waals surface area (Å²) < 4.78 is 25.5. The Labute approximate surface area is 39.7 Å². The van der Waals surface area contributed by atoms with Crippen LogP contribution in [0.5, 0.6) is 0 Å². The minimum absolute atomic E-state index is 0.854. The molecule has 0 aliphatic rings. The van der Waals surface area contributed by atoms with Crippen LogP contribution < -0.4 is 0 Å². The zero-order chi connectivity index (χ0) is 5.21. The number of halogens is 2. The van der Waals surface area contributed by atoms with Gasteiger partial charge in [0.1, 0.15) is 0 Å². The third kappa shape index (κ3) is 4.17. The molecule has 0 atom stereocenters. The van der Waals surface area contributed by atoms with Crippen LogP contribution in [0.25, 0.3) is 0 Å². The average Bonchev–Trinajstić information content (AvgIpc) is 1.35. The van der Waals surface area contributed by atoms with Gasteiger partial charge in [-0.15, -0.1) is 0 Å². The predicted octanol–water partition coefficient (Wildman–Crippen LogP) is 1.38. The number of rotatable bonds is 1. The molecule has 0 saturated carbocycles. The molecular formula is C2H3F2OS. The van der Waals surface area contributed by atoms with E-state index in [-0.39, 0.29) is 0 Å². The van der Waals surface area contributed by atoms with Gasteiger partial charge in [0, 0.05) is 19.7 Å². The average molecular weight is 113 g/mol. The van der Waals surface area contributed by atoms with E-state index in [4.69, 9.17) is 0 Å². The van der Waals surface area contributed by atoms with Crippen molar-refractivity contribution in [2.75, 3.05) is 7.11 Å². The standard InChI is InChI=1S/C2H3F2OS/c1-5-2(3,4)6/h1H3. The molecule has 0 aromatic heterocycles. The van der Waals surface area contributed by atoms with Gasteiger partial charge in [-0.25, -0.2) is 0 Å². The molecule has 0 saturated heterocycles. The summed E-state index contributed by atoms with van der Waals surface area (Å²) in [5, 5.41) is 0. The van der Waals surface area contributed by atoms with E-state index < -0.39 is 5.44 Å². The van der Waals surface area contributed by atoms with E-state index >= 15 is 0 Å². The number of hydrogen-bond acceptors (Lipinski definition) is 1. The van der Waals surface area contributed by atoms with Crippen molar-refractivity contribution in [1.82, 2.24) is 0 Å². The van der Waals surface area contributed by atoms with Crippen LogP contribution in [0.1, 0.15) is 0 Å². The van der Waals surface area contributed by atoms with Crippen LogP contribution >= 0.6 is 12.6 Å². The SMILES string of the molecule is COC(F)(F)[S]. The quantitative estimate of drug-likeness (QED) is 0.499. The maximum atomic E-state index is 11.0. The van der Waals surface area contributed by atoms with Crippen LogP contribution in [-0.2, 0) is 4.74 Å². The summed E-state index contributed by atoms with van der Waals surface area (Å²) in [7, 11) is 0.854. The van der Waals surface area contributed by atoms with Gasteiger partial charge in [0.05, 0.1) is 0 Å². The summed E-state index contributed by atoms with van der Waals surface area (Å²) in [6.45, 7) is 0. The molecule has 0 N–H and O–H groups in total. The summed E-state index contributed by atoms with van der Waals surface area (Å²) in [6, 6.07) is 0. The van der Waals surface area contributed by atoms with Crippen molar-refractivity contribution in [3.63, 3.8) is 0 Å². The predicted molar refractivity (Wildman–Crippen MR) is 19.5 cm³/mol. The first-order chi connectivity index (χ1) is 2.56. The molecule has 1 radical (unpaired) electrons. The monoisotopic (exact) mass is 113 g/mol. The largest absolute Gasteiger partial charge is 0.417 e. The van der Waals surface area contributed by atoms with Crippen LogP contribution in [-0.4, -0.2) is 12.6 Å². The second-order valence-corrected chi connectivity index (χ2v) is 1.14. The highest BCUT2D eigenvalue weighted by molar-refractivity contribution is 7.81. The smallest absolute Gasteiger partial charge is 0.314 e. The minimum atomic E-state index is -3.38. The van der Waals surface area contributed by atoms with Gasteiger partial charge in [0.2, 0.25) is 0 Å². The van der Waals surface area contributed by atoms with Gasteiger partial charge >= 0.3 is 5.44 Å². The Bertz CT molecular complexity index is 41.3. The summed E-state index contributed by atoms with van der Waals surface area (Å²) in [5.74, 6) is 0. The second kappa shape index (κ2) is 1.75. The maximum absolute atomic E-state index is 11.0.